The molecule has 1 fully saturated rings. The predicted octanol–water partition coefficient (Wildman–Crippen LogP) is 1.92. The number of allylic oxidation sites excluding steroid dienone is 2. The van der Waals surface area contributed by atoms with Gasteiger partial charge in [-0.3, -0.25) is 24.1 Å². The number of Topliss-reactive ketones (excluding diaryl/α,β-unsaturated/α-hetero) is 2. The molecule has 0 bridgehead atoms. The van der Waals surface area contributed by atoms with Gasteiger partial charge in [-0.2, -0.15) is 0 Å². The van der Waals surface area contributed by atoms with E-state index in [9.17, 15) is 19.2 Å². The van der Waals surface area contributed by atoms with Gasteiger partial charge in [0.15, 0.2) is 0 Å². The SMILES string of the molecule is CC(=O)N1C2=C(C(=O)c3ccccc3C2=O)N2CCN(C(=O)c3ccccc3)CC21. The van der Waals surface area contributed by atoms with Crippen LogP contribution in [0.1, 0.15) is 38.0 Å². The van der Waals surface area contributed by atoms with Gasteiger partial charge in [-0.15, -0.1) is 0 Å². The van der Waals surface area contributed by atoms with Gasteiger partial charge in [0.05, 0.1) is 6.54 Å². The third-order valence-electron chi connectivity index (χ3n) is 5.90. The number of hydrogen-bond acceptors (Lipinski definition) is 5. The molecule has 7 heteroatoms. The highest BCUT2D eigenvalue weighted by Crippen LogP contribution is 2.39. The lowest BCUT2D eigenvalue weighted by Crippen LogP contribution is -2.58. The van der Waals surface area contributed by atoms with Crippen molar-refractivity contribution in [3.05, 3.63) is 82.7 Å². The van der Waals surface area contributed by atoms with Gasteiger partial charge in [0.25, 0.3) is 5.91 Å². The van der Waals surface area contributed by atoms with E-state index in [2.05, 4.69) is 0 Å². The van der Waals surface area contributed by atoms with E-state index < -0.39 is 6.17 Å². The molecule has 3 aliphatic rings. The Kier molecular flexibility index (Phi) is 4.06. The van der Waals surface area contributed by atoms with Gasteiger partial charge < -0.3 is 9.80 Å². The zero-order valence-corrected chi connectivity index (χ0v) is 16.4. The molecule has 150 valence electrons. The molecule has 1 atom stereocenters. The molecular formula is C23H19N3O4. The Labute approximate surface area is 173 Å². The fourth-order valence-corrected chi connectivity index (χ4v) is 4.55. The number of rotatable bonds is 1. The number of ketones is 2. The van der Waals surface area contributed by atoms with E-state index in [0.717, 1.165) is 0 Å². The number of fused-ring (bicyclic) bond motifs is 3. The highest BCUT2D eigenvalue weighted by Gasteiger charge is 2.51. The zero-order chi connectivity index (χ0) is 21.0. The van der Waals surface area contributed by atoms with E-state index in [1.165, 1.54) is 11.8 Å². The van der Waals surface area contributed by atoms with Crippen molar-refractivity contribution in [1.29, 1.82) is 0 Å². The second-order valence-electron chi connectivity index (χ2n) is 7.58. The van der Waals surface area contributed by atoms with E-state index in [1.54, 1.807) is 53.4 Å². The first-order chi connectivity index (χ1) is 14.5. The standard InChI is InChI=1S/C23H19N3O4/c1-14(27)26-18-13-24(23(30)15-7-3-2-4-8-15)11-12-25(18)19-20(26)22(29)17-10-6-5-9-16(17)21(19)28/h2-10,18H,11-13H2,1H3. The van der Waals surface area contributed by atoms with Gasteiger partial charge in [-0.1, -0.05) is 42.5 Å². The lowest BCUT2D eigenvalue weighted by molar-refractivity contribution is -0.131. The van der Waals surface area contributed by atoms with Crippen LogP contribution in [0.5, 0.6) is 0 Å². The topological polar surface area (TPSA) is 78.0 Å². The van der Waals surface area contributed by atoms with Gasteiger partial charge >= 0.3 is 0 Å². The molecule has 1 unspecified atom stereocenters. The van der Waals surface area contributed by atoms with Gasteiger partial charge in [-0.05, 0) is 12.1 Å². The third-order valence-corrected chi connectivity index (χ3v) is 5.90. The molecule has 5 rings (SSSR count). The van der Waals surface area contributed by atoms with Gasteiger partial charge in [0.1, 0.15) is 17.6 Å². The quantitative estimate of drug-likeness (QED) is 0.730. The fraction of sp³-hybridized carbons (Fsp3) is 0.217. The number of benzene rings is 2. The summed E-state index contributed by atoms with van der Waals surface area (Å²) in [6.45, 7) is 2.37. The molecule has 2 aromatic carbocycles. The minimum absolute atomic E-state index is 0.130. The summed E-state index contributed by atoms with van der Waals surface area (Å²) >= 11 is 0. The molecule has 30 heavy (non-hydrogen) atoms. The molecule has 0 radical (unpaired) electrons. The first-order valence-electron chi connectivity index (χ1n) is 9.82. The van der Waals surface area contributed by atoms with Crippen molar-refractivity contribution < 1.29 is 19.2 Å². The van der Waals surface area contributed by atoms with Crippen LogP contribution in [0, 0.1) is 0 Å². The van der Waals surface area contributed by atoms with E-state index in [0.29, 0.717) is 29.8 Å². The van der Waals surface area contributed by atoms with Crippen LogP contribution in [-0.4, -0.2) is 63.9 Å². The van der Waals surface area contributed by atoms with Crippen LogP contribution in [0.3, 0.4) is 0 Å². The number of hydrogen-bond donors (Lipinski definition) is 0. The average Bonchev–Trinajstić information content (AvgIpc) is 3.12. The molecular weight excluding hydrogens is 382 g/mol. The average molecular weight is 401 g/mol. The molecule has 2 aliphatic heterocycles. The first kappa shape index (κ1) is 18.3. The third kappa shape index (κ3) is 2.51. The monoisotopic (exact) mass is 401 g/mol. The molecule has 2 heterocycles. The minimum Gasteiger partial charge on any atom is -0.342 e. The maximum atomic E-state index is 13.2. The summed E-state index contributed by atoms with van der Waals surface area (Å²) in [6, 6.07) is 15.6. The Bertz CT molecular complexity index is 1140. The van der Waals surface area contributed by atoms with Crippen molar-refractivity contribution in [2.24, 2.45) is 0 Å². The predicted molar refractivity (Wildman–Crippen MR) is 107 cm³/mol. The fourth-order valence-electron chi connectivity index (χ4n) is 4.55. The van der Waals surface area contributed by atoms with E-state index >= 15 is 0 Å². The Morgan fingerprint density at radius 1 is 0.833 bits per heavy atom. The van der Waals surface area contributed by atoms with E-state index in [1.807, 2.05) is 11.0 Å². The van der Waals surface area contributed by atoms with Crippen molar-refractivity contribution in [1.82, 2.24) is 14.7 Å². The van der Waals surface area contributed by atoms with E-state index in [4.69, 9.17) is 0 Å². The Hall–Kier alpha value is -3.74. The van der Waals surface area contributed by atoms with Crippen LogP contribution >= 0.6 is 0 Å². The molecule has 1 saturated heterocycles. The Morgan fingerprint density at radius 2 is 1.43 bits per heavy atom. The second-order valence-corrected chi connectivity index (χ2v) is 7.58. The zero-order valence-electron chi connectivity index (χ0n) is 16.4. The largest absolute Gasteiger partial charge is 0.342 e. The van der Waals surface area contributed by atoms with Crippen molar-refractivity contribution in [3.63, 3.8) is 0 Å². The van der Waals surface area contributed by atoms with Gasteiger partial charge in [-0.25, -0.2) is 0 Å². The number of nitrogens with zero attached hydrogens (tertiary/aromatic N) is 3. The summed E-state index contributed by atoms with van der Waals surface area (Å²) in [5.74, 6) is -1.04. The summed E-state index contributed by atoms with van der Waals surface area (Å²) in [5, 5.41) is 0. The van der Waals surface area contributed by atoms with Crippen LogP contribution in [0.4, 0.5) is 0 Å². The molecule has 0 aromatic heterocycles. The molecule has 2 aromatic rings. The smallest absolute Gasteiger partial charge is 0.254 e. The second kappa shape index (κ2) is 6.66. The normalized spacial score (nSPS) is 20.2. The molecule has 7 nitrogen and oxygen atoms in total. The van der Waals surface area contributed by atoms with Crippen LogP contribution in [-0.2, 0) is 4.79 Å². The molecule has 2 amide bonds. The maximum absolute atomic E-state index is 13.2. The Morgan fingerprint density at radius 3 is 2.07 bits per heavy atom. The highest BCUT2D eigenvalue weighted by atomic mass is 16.2. The molecule has 0 spiro atoms. The van der Waals surface area contributed by atoms with Crippen molar-refractivity contribution in [2.75, 3.05) is 19.6 Å². The summed E-state index contributed by atoms with van der Waals surface area (Å²) in [7, 11) is 0. The van der Waals surface area contributed by atoms with Crippen molar-refractivity contribution in [3.8, 4) is 0 Å². The van der Waals surface area contributed by atoms with Crippen LogP contribution < -0.4 is 0 Å². The maximum Gasteiger partial charge on any atom is 0.254 e. The van der Waals surface area contributed by atoms with Crippen LogP contribution in [0.25, 0.3) is 0 Å². The first-order valence-corrected chi connectivity index (χ1v) is 9.82. The van der Waals surface area contributed by atoms with Gasteiger partial charge in [0.2, 0.25) is 17.5 Å². The van der Waals surface area contributed by atoms with Crippen molar-refractivity contribution >= 4 is 23.4 Å². The molecule has 0 N–H and O–H groups in total. The summed E-state index contributed by atoms with van der Waals surface area (Å²) in [5.41, 5.74) is 1.63. The number of carbonyl (C=O) groups is 4. The molecule has 1 aliphatic carbocycles. The lowest BCUT2D eigenvalue weighted by atomic mass is 9.90. The van der Waals surface area contributed by atoms with Crippen molar-refractivity contribution in [2.45, 2.75) is 13.1 Å². The van der Waals surface area contributed by atoms with Crippen LogP contribution in [0.2, 0.25) is 0 Å². The van der Waals surface area contributed by atoms with Gasteiger partial charge in [0, 0.05) is 36.7 Å². The minimum atomic E-state index is -0.573. The molecule has 0 saturated carbocycles. The summed E-state index contributed by atoms with van der Waals surface area (Å²) in [4.78, 5) is 56.8. The lowest BCUT2D eigenvalue weighted by Gasteiger charge is -2.41. The van der Waals surface area contributed by atoms with E-state index in [-0.39, 0.29) is 41.3 Å². The Balaban J connectivity index is 1.53. The summed E-state index contributed by atoms with van der Waals surface area (Å²) in [6.07, 6.45) is -0.573. The number of piperazine rings is 1. The number of amides is 2. The highest BCUT2D eigenvalue weighted by molar-refractivity contribution is 6.27. The number of carbonyl (C=O) groups excluding carboxylic acids is 4. The van der Waals surface area contributed by atoms with Crippen LogP contribution in [0.15, 0.2) is 66.0 Å². The summed E-state index contributed by atoms with van der Waals surface area (Å²) < 4.78 is 0.